The van der Waals surface area contributed by atoms with Crippen LogP contribution in [-0.4, -0.2) is 72.1 Å². The van der Waals surface area contributed by atoms with Gasteiger partial charge in [-0.2, -0.15) is 0 Å². The molecule has 1 atom stereocenters. The lowest BCUT2D eigenvalue weighted by Crippen LogP contribution is -2.47. The highest BCUT2D eigenvalue weighted by atomic mass is 16.7. The van der Waals surface area contributed by atoms with Crippen molar-refractivity contribution in [3.8, 4) is 16.9 Å². The molecule has 13 heteroatoms. The summed E-state index contributed by atoms with van der Waals surface area (Å²) >= 11 is 0. The number of benzene rings is 1. The van der Waals surface area contributed by atoms with E-state index in [9.17, 15) is 29.1 Å². The number of hydrogen-bond donors (Lipinski definition) is 3. The molecule has 0 aliphatic heterocycles. The number of amides is 2. The van der Waals surface area contributed by atoms with E-state index in [4.69, 9.17) is 18.9 Å². The molecule has 13 nitrogen and oxygen atoms in total. The summed E-state index contributed by atoms with van der Waals surface area (Å²) in [6.45, 7) is 15.6. The van der Waals surface area contributed by atoms with E-state index in [1.807, 2.05) is 13.8 Å². The number of aromatic nitrogens is 1. The number of nitrogens with zero attached hydrogens (tertiary/aromatic N) is 1. The number of esters is 2. The number of hydrogen-bond acceptors (Lipinski definition) is 10. The third kappa shape index (κ3) is 11.1. The lowest BCUT2D eigenvalue weighted by Gasteiger charge is -2.24. The fourth-order valence-corrected chi connectivity index (χ4v) is 4.17. The van der Waals surface area contributed by atoms with Crippen molar-refractivity contribution in [3.05, 3.63) is 53.4 Å². The molecular formula is C34H45N3O10. The van der Waals surface area contributed by atoms with Gasteiger partial charge in [-0.15, -0.1) is 0 Å². The monoisotopic (exact) mass is 655 g/mol. The Morgan fingerprint density at radius 1 is 1.06 bits per heavy atom. The number of methoxy groups -OCH3 is 1. The van der Waals surface area contributed by atoms with Crippen LogP contribution in [0.2, 0.25) is 0 Å². The Balaban J connectivity index is 0.00000376. The molecule has 1 aliphatic carbocycles. The molecule has 1 aromatic heterocycles. The zero-order valence-corrected chi connectivity index (χ0v) is 28.2. The van der Waals surface area contributed by atoms with E-state index < -0.39 is 60.0 Å². The standard InChI is InChI=1S/C32H39N3O10.C2H6/c1-8-19-13-22(28(37)38)21(14-24(19)42-7)20-11-12-23(27(36)33-15-18-9-10-18)34-26(20)30(40)44-16-43-29(39)25(17(2)3)35-31(41)45-32(4,5)6;1-2/h8,11-14,17-18,25H,1,9-10,15-16H2,2-7H3,(H,33,36)(H,35,41)(H,37,38);1-2H3. The summed E-state index contributed by atoms with van der Waals surface area (Å²) in [5.41, 5.74) is -0.985. The second-order valence-corrected chi connectivity index (χ2v) is 11.8. The first-order valence-electron chi connectivity index (χ1n) is 15.4. The molecule has 1 fully saturated rings. The summed E-state index contributed by atoms with van der Waals surface area (Å²) in [7, 11) is 1.39. The van der Waals surface area contributed by atoms with Crippen LogP contribution in [0.4, 0.5) is 4.79 Å². The van der Waals surface area contributed by atoms with Crippen molar-refractivity contribution in [1.29, 1.82) is 0 Å². The highest BCUT2D eigenvalue weighted by molar-refractivity contribution is 6.04. The summed E-state index contributed by atoms with van der Waals surface area (Å²) in [5.74, 6) is -3.54. The summed E-state index contributed by atoms with van der Waals surface area (Å²) in [4.78, 5) is 67.6. The second-order valence-electron chi connectivity index (χ2n) is 11.8. The van der Waals surface area contributed by atoms with E-state index in [1.165, 1.54) is 37.5 Å². The third-order valence-corrected chi connectivity index (χ3v) is 6.66. The molecule has 1 heterocycles. The van der Waals surface area contributed by atoms with Crippen molar-refractivity contribution in [2.45, 2.75) is 73.0 Å². The summed E-state index contributed by atoms with van der Waals surface area (Å²) in [6, 6.07) is 4.39. The average molecular weight is 656 g/mol. The Morgan fingerprint density at radius 2 is 1.72 bits per heavy atom. The first-order valence-corrected chi connectivity index (χ1v) is 15.4. The maximum absolute atomic E-state index is 13.4. The van der Waals surface area contributed by atoms with Crippen molar-refractivity contribution in [1.82, 2.24) is 15.6 Å². The topological polar surface area (TPSA) is 179 Å². The number of pyridine rings is 1. The van der Waals surface area contributed by atoms with Crippen LogP contribution in [0, 0.1) is 11.8 Å². The predicted molar refractivity (Wildman–Crippen MR) is 174 cm³/mol. The molecule has 1 aromatic carbocycles. The fraction of sp³-hybridized carbons (Fsp3) is 0.471. The van der Waals surface area contributed by atoms with Gasteiger partial charge >= 0.3 is 24.0 Å². The van der Waals surface area contributed by atoms with Gasteiger partial charge in [0.05, 0.1) is 12.7 Å². The minimum atomic E-state index is -1.30. The molecule has 0 saturated heterocycles. The number of rotatable bonds is 13. The van der Waals surface area contributed by atoms with Gasteiger partial charge in [0.2, 0.25) is 6.79 Å². The van der Waals surface area contributed by atoms with E-state index in [-0.39, 0.29) is 28.1 Å². The normalized spacial score (nSPS) is 12.9. The molecule has 3 N–H and O–H groups in total. The molecule has 1 saturated carbocycles. The van der Waals surface area contributed by atoms with Gasteiger partial charge in [-0.1, -0.05) is 40.3 Å². The second kappa shape index (κ2) is 17.1. The summed E-state index contributed by atoms with van der Waals surface area (Å²) < 4.78 is 20.9. The fourth-order valence-electron chi connectivity index (χ4n) is 4.17. The van der Waals surface area contributed by atoms with E-state index in [1.54, 1.807) is 34.6 Å². The van der Waals surface area contributed by atoms with E-state index in [0.717, 1.165) is 12.8 Å². The van der Waals surface area contributed by atoms with E-state index in [2.05, 4.69) is 22.2 Å². The molecule has 3 rings (SSSR count). The number of nitrogens with one attached hydrogen (secondary N) is 2. The van der Waals surface area contributed by atoms with Crippen molar-refractivity contribution in [2.75, 3.05) is 20.4 Å². The van der Waals surface area contributed by atoms with Gasteiger partial charge in [-0.3, -0.25) is 4.79 Å². The highest BCUT2D eigenvalue weighted by Crippen LogP contribution is 2.34. The Labute approximate surface area is 275 Å². The van der Waals surface area contributed by atoms with Crippen LogP contribution in [0.5, 0.6) is 5.75 Å². The molecule has 256 valence electrons. The minimum Gasteiger partial charge on any atom is -0.496 e. The van der Waals surface area contributed by atoms with E-state index in [0.29, 0.717) is 18.0 Å². The Hall–Kier alpha value is -4.94. The Bertz CT molecular complexity index is 1480. The van der Waals surface area contributed by atoms with Crippen molar-refractivity contribution < 1.29 is 48.0 Å². The number of ether oxygens (including phenoxy) is 4. The molecule has 0 spiro atoms. The van der Waals surface area contributed by atoms with Crippen LogP contribution in [0.25, 0.3) is 17.2 Å². The predicted octanol–water partition coefficient (Wildman–Crippen LogP) is 5.47. The van der Waals surface area contributed by atoms with Crippen molar-refractivity contribution in [2.24, 2.45) is 11.8 Å². The lowest BCUT2D eigenvalue weighted by molar-refractivity contribution is -0.156. The first kappa shape index (κ1) is 38.2. The van der Waals surface area contributed by atoms with Crippen LogP contribution >= 0.6 is 0 Å². The van der Waals surface area contributed by atoms with E-state index >= 15 is 0 Å². The van der Waals surface area contributed by atoms with Gasteiger partial charge in [-0.25, -0.2) is 24.2 Å². The molecule has 1 unspecified atom stereocenters. The van der Waals surface area contributed by atoms with Crippen LogP contribution in [0.3, 0.4) is 0 Å². The molecule has 0 radical (unpaired) electrons. The number of carbonyl (C=O) groups excluding carboxylic acids is 4. The number of alkyl carbamates (subject to hydrolysis) is 1. The van der Waals surface area contributed by atoms with Gasteiger partial charge in [-0.05, 0) is 69.7 Å². The third-order valence-electron chi connectivity index (χ3n) is 6.66. The smallest absolute Gasteiger partial charge is 0.408 e. The lowest BCUT2D eigenvalue weighted by atomic mass is 9.95. The number of carboxylic acids is 1. The number of carboxylic acid groups (broad SMARTS) is 1. The number of carbonyl (C=O) groups is 5. The molecule has 0 bridgehead atoms. The zero-order chi connectivity index (χ0) is 35.5. The molecular weight excluding hydrogens is 610 g/mol. The van der Waals surface area contributed by atoms with Crippen molar-refractivity contribution in [3.63, 3.8) is 0 Å². The van der Waals surface area contributed by atoms with Gasteiger partial charge in [0.25, 0.3) is 5.91 Å². The summed E-state index contributed by atoms with van der Waals surface area (Å²) in [5, 5.41) is 15.2. The quantitative estimate of drug-likeness (QED) is 0.184. The molecule has 47 heavy (non-hydrogen) atoms. The summed E-state index contributed by atoms with van der Waals surface area (Å²) in [6.07, 6.45) is 2.61. The van der Waals surface area contributed by atoms with Crippen LogP contribution in [0.1, 0.15) is 98.2 Å². The average Bonchev–Trinajstić information content (AvgIpc) is 3.86. The van der Waals surface area contributed by atoms with Crippen LogP contribution < -0.4 is 15.4 Å². The molecule has 1 aliphatic rings. The molecule has 2 aromatic rings. The van der Waals surface area contributed by atoms with Gasteiger partial charge in [0.15, 0.2) is 5.69 Å². The maximum Gasteiger partial charge on any atom is 0.408 e. The maximum atomic E-state index is 13.4. The Kier molecular flexibility index (Phi) is 13.9. The minimum absolute atomic E-state index is 0.0306. The SMILES string of the molecule is C=Cc1cc(C(=O)O)c(-c2ccc(C(=O)NCC3CC3)nc2C(=O)OCOC(=O)C(NC(=O)OC(C)(C)C)C(C)C)cc1OC.CC. The first-order chi connectivity index (χ1) is 22.1. The van der Waals surface area contributed by atoms with Gasteiger partial charge in [0.1, 0.15) is 23.1 Å². The highest BCUT2D eigenvalue weighted by Gasteiger charge is 2.30. The largest absolute Gasteiger partial charge is 0.496 e. The van der Waals surface area contributed by atoms with Crippen LogP contribution in [-0.2, 0) is 19.0 Å². The number of aromatic carboxylic acids is 1. The Morgan fingerprint density at radius 3 is 2.26 bits per heavy atom. The van der Waals surface area contributed by atoms with Gasteiger partial charge < -0.3 is 34.7 Å². The van der Waals surface area contributed by atoms with Crippen molar-refractivity contribution >= 4 is 36.0 Å². The zero-order valence-electron chi connectivity index (χ0n) is 28.2. The van der Waals surface area contributed by atoms with Gasteiger partial charge in [0, 0.05) is 23.2 Å². The van der Waals surface area contributed by atoms with Crippen LogP contribution in [0.15, 0.2) is 30.8 Å². The molecule has 2 amide bonds.